The molecule has 80 valence electrons. The molecule has 1 aliphatic rings. The molecule has 0 saturated heterocycles. The number of benzene rings is 1. The van der Waals surface area contributed by atoms with E-state index in [2.05, 4.69) is 15.3 Å². The van der Waals surface area contributed by atoms with Crippen LogP contribution in [0.2, 0.25) is 0 Å². The van der Waals surface area contributed by atoms with Gasteiger partial charge in [0.15, 0.2) is 5.84 Å². The van der Waals surface area contributed by atoms with E-state index in [1.807, 2.05) is 31.2 Å². The van der Waals surface area contributed by atoms with Crippen LogP contribution in [-0.2, 0) is 0 Å². The lowest BCUT2D eigenvalue weighted by Gasteiger charge is -2.03. The van der Waals surface area contributed by atoms with E-state index < -0.39 is 0 Å². The predicted molar refractivity (Wildman–Crippen MR) is 67.0 cm³/mol. The Morgan fingerprint density at radius 1 is 1.31 bits per heavy atom. The van der Waals surface area contributed by atoms with Gasteiger partial charge in [0.05, 0.1) is 16.4 Å². The lowest BCUT2D eigenvalue weighted by molar-refractivity contribution is 1.26. The summed E-state index contributed by atoms with van der Waals surface area (Å²) in [4.78, 5) is 8.75. The Morgan fingerprint density at radius 2 is 2.12 bits per heavy atom. The first-order chi connectivity index (χ1) is 7.74. The average Bonchev–Trinajstić information content (AvgIpc) is 2.57. The van der Waals surface area contributed by atoms with Crippen LogP contribution in [0.1, 0.15) is 10.7 Å². The zero-order valence-electron chi connectivity index (χ0n) is 8.69. The Bertz CT molecular complexity index is 585. The quantitative estimate of drug-likeness (QED) is 0.731. The Hall–Kier alpha value is -1.88. The molecule has 2 heterocycles. The highest BCUT2D eigenvalue weighted by Crippen LogP contribution is 2.35. The normalized spacial score (nSPS) is 13.2. The van der Waals surface area contributed by atoms with Crippen molar-refractivity contribution in [3.63, 3.8) is 0 Å². The van der Waals surface area contributed by atoms with Crippen LogP contribution in [0.5, 0.6) is 0 Å². The Labute approximate surface area is 96.9 Å². The molecule has 0 bridgehead atoms. The third-order valence-electron chi connectivity index (χ3n) is 2.37. The number of aryl methyl sites for hydroxylation is 1. The largest absolute Gasteiger partial charge is 0.382 e. The second-order valence-electron chi connectivity index (χ2n) is 3.55. The first-order valence-corrected chi connectivity index (χ1v) is 5.74. The maximum atomic E-state index is 5.93. The second kappa shape index (κ2) is 3.31. The highest BCUT2D eigenvalue weighted by atomic mass is 32.1. The molecule has 3 rings (SSSR count). The van der Waals surface area contributed by atoms with Crippen LogP contribution in [0.25, 0.3) is 0 Å². The predicted octanol–water partition coefficient (Wildman–Crippen LogP) is 2.55. The van der Waals surface area contributed by atoms with Crippen LogP contribution in [0.15, 0.2) is 29.3 Å². The first kappa shape index (κ1) is 9.35. The van der Waals surface area contributed by atoms with Crippen LogP contribution in [-0.4, -0.2) is 10.8 Å². The maximum absolute atomic E-state index is 5.93. The van der Waals surface area contributed by atoms with Gasteiger partial charge in [-0.3, -0.25) is 0 Å². The summed E-state index contributed by atoms with van der Waals surface area (Å²) in [5.74, 6) is 0.469. The number of nitrogens with two attached hydrogens (primary N) is 1. The molecule has 0 fully saturated rings. The Kier molecular flexibility index (Phi) is 1.94. The molecule has 1 aromatic heterocycles. The van der Waals surface area contributed by atoms with Crippen molar-refractivity contribution in [2.45, 2.75) is 6.92 Å². The first-order valence-electron chi connectivity index (χ1n) is 4.92. The van der Waals surface area contributed by atoms with E-state index >= 15 is 0 Å². The monoisotopic (exact) mass is 230 g/mol. The van der Waals surface area contributed by atoms with Crippen LogP contribution >= 0.6 is 11.3 Å². The number of hydrogen-bond acceptors (Lipinski definition) is 5. The van der Waals surface area contributed by atoms with E-state index in [-0.39, 0.29) is 0 Å². The van der Waals surface area contributed by atoms with Gasteiger partial charge in [0.1, 0.15) is 10.7 Å². The van der Waals surface area contributed by atoms with Crippen LogP contribution in [0, 0.1) is 6.92 Å². The highest BCUT2D eigenvalue weighted by molar-refractivity contribution is 7.16. The van der Waals surface area contributed by atoms with Crippen molar-refractivity contribution < 1.29 is 0 Å². The van der Waals surface area contributed by atoms with Gasteiger partial charge < -0.3 is 11.1 Å². The van der Waals surface area contributed by atoms with E-state index in [1.54, 1.807) is 11.3 Å². The molecule has 1 aromatic carbocycles. The van der Waals surface area contributed by atoms with Crippen LogP contribution in [0.4, 0.5) is 16.4 Å². The third kappa shape index (κ3) is 1.37. The number of thiazole rings is 1. The number of rotatable bonds is 0. The van der Waals surface area contributed by atoms with Gasteiger partial charge in [-0.25, -0.2) is 9.98 Å². The molecular formula is C11H10N4S. The van der Waals surface area contributed by atoms with E-state index in [0.29, 0.717) is 5.84 Å². The van der Waals surface area contributed by atoms with Crippen LogP contribution in [0.3, 0.4) is 0 Å². The molecule has 16 heavy (non-hydrogen) atoms. The molecule has 0 unspecified atom stereocenters. The van der Waals surface area contributed by atoms with E-state index in [9.17, 15) is 0 Å². The van der Waals surface area contributed by atoms with Crippen molar-refractivity contribution in [2.75, 3.05) is 5.32 Å². The summed E-state index contributed by atoms with van der Waals surface area (Å²) >= 11 is 1.59. The molecule has 1 aliphatic heterocycles. The lowest BCUT2D eigenvalue weighted by Crippen LogP contribution is -2.13. The van der Waals surface area contributed by atoms with Gasteiger partial charge >= 0.3 is 0 Å². The number of aromatic nitrogens is 1. The summed E-state index contributed by atoms with van der Waals surface area (Å²) in [5, 5.41) is 5.26. The molecule has 0 radical (unpaired) electrons. The summed E-state index contributed by atoms with van der Waals surface area (Å²) in [6.07, 6.45) is 0. The van der Waals surface area contributed by atoms with Crippen molar-refractivity contribution >= 4 is 33.5 Å². The smallest absolute Gasteiger partial charge is 0.153 e. The summed E-state index contributed by atoms with van der Waals surface area (Å²) in [6, 6.07) is 7.82. The fourth-order valence-electron chi connectivity index (χ4n) is 1.67. The zero-order valence-corrected chi connectivity index (χ0v) is 9.51. The molecule has 5 heteroatoms. The van der Waals surface area contributed by atoms with E-state index in [1.165, 1.54) is 0 Å². The molecule has 0 atom stereocenters. The molecular weight excluding hydrogens is 220 g/mol. The third-order valence-corrected chi connectivity index (χ3v) is 3.26. The van der Waals surface area contributed by atoms with Crippen molar-refractivity contribution in [3.05, 3.63) is 35.0 Å². The summed E-state index contributed by atoms with van der Waals surface area (Å²) in [6.45, 7) is 1.96. The van der Waals surface area contributed by atoms with Gasteiger partial charge in [0.2, 0.25) is 0 Å². The molecule has 4 nitrogen and oxygen atoms in total. The minimum atomic E-state index is 0.469. The molecule has 3 N–H and O–H groups in total. The summed E-state index contributed by atoms with van der Waals surface area (Å²) in [5.41, 5.74) is 8.49. The zero-order chi connectivity index (χ0) is 11.1. The number of para-hydroxylation sites is 2. The van der Waals surface area contributed by atoms with Gasteiger partial charge in [-0.2, -0.15) is 0 Å². The molecule has 0 amide bonds. The summed E-state index contributed by atoms with van der Waals surface area (Å²) in [7, 11) is 0. The topological polar surface area (TPSA) is 63.3 Å². The van der Waals surface area contributed by atoms with Gasteiger partial charge in [-0.05, 0) is 19.1 Å². The number of hydrogen-bond donors (Lipinski definition) is 2. The maximum Gasteiger partial charge on any atom is 0.153 e. The van der Waals surface area contributed by atoms with E-state index in [0.717, 1.165) is 27.1 Å². The summed E-state index contributed by atoms with van der Waals surface area (Å²) < 4.78 is 0. The van der Waals surface area contributed by atoms with Crippen LogP contribution < -0.4 is 11.1 Å². The van der Waals surface area contributed by atoms with Gasteiger partial charge in [0, 0.05) is 0 Å². The molecule has 0 saturated carbocycles. The number of nitrogens with zero attached hydrogens (tertiary/aromatic N) is 2. The van der Waals surface area contributed by atoms with Gasteiger partial charge in [-0.1, -0.05) is 12.1 Å². The average molecular weight is 230 g/mol. The fourth-order valence-corrected chi connectivity index (χ4v) is 2.51. The van der Waals surface area contributed by atoms with Gasteiger partial charge in [-0.15, -0.1) is 11.3 Å². The number of amidine groups is 1. The number of fused-ring (bicyclic) bond motifs is 2. The van der Waals surface area contributed by atoms with Crippen molar-refractivity contribution in [1.29, 1.82) is 0 Å². The number of anilines is 2. The second-order valence-corrected chi connectivity index (χ2v) is 4.75. The number of nitrogens with one attached hydrogen (secondary N) is 1. The Balaban J connectivity index is 2.24. The molecule has 2 aromatic rings. The van der Waals surface area contributed by atoms with Crippen molar-refractivity contribution in [3.8, 4) is 0 Å². The molecule has 0 aliphatic carbocycles. The fraction of sp³-hybridized carbons (Fsp3) is 0.0909. The minimum absolute atomic E-state index is 0.469. The Morgan fingerprint density at radius 3 is 3.00 bits per heavy atom. The highest BCUT2D eigenvalue weighted by Gasteiger charge is 2.17. The number of aliphatic imine (C=N–C) groups is 1. The minimum Gasteiger partial charge on any atom is -0.382 e. The van der Waals surface area contributed by atoms with Crippen molar-refractivity contribution in [2.24, 2.45) is 10.7 Å². The lowest BCUT2D eigenvalue weighted by atomic mass is 10.3. The molecule has 0 spiro atoms. The standard InChI is InChI=1S/C11H10N4S/c1-6-13-9-10(12)14-7-4-2-3-5-8(7)15-11(9)16-6/h2-5,15H,1H3,(H2,12,14). The van der Waals surface area contributed by atoms with Gasteiger partial charge in [0.25, 0.3) is 0 Å². The van der Waals surface area contributed by atoms with E-state index in [4.69, 9.17) is 5.73 Å². The van der Waals surface area contributed by atoms with Crippen molar-refractivity contribution in [1.82, 2.24) is 4.98 Å². The SMILES string of the molecule is Cc1nc2c(s1)Nc1ccccc1N=C2N.